The van der Waals surface area contributed by atoms with Gasteiger partial charge >= 0.3 is 0 Å². The Balaban J connectivity index is 0.00000576. The third kappa shape index (κ3) is 9.00. The van der Waals surface area contributed by atoms with Crippen LogP contribution in [0.25, 0.3) is 0 Å². The summed E-state index contributed by atoms with van der Waals surface area (Å²) in [5.41, 5.74) is 1.36. The Morgan fingerprint density at radius 1 is 1.00 bits per heavy atom. The van der Waals surface area contributed by atoms with Crippen LogP contribution >= 0.6 is 34.2 Å². The molecule has 0 saturated carbocycles. The first kappa shape index (κ1) is 25.1. The van der Waals surface area contributed by atoms with E-state index in [1.165, 1.54) is 57.2 Å². The molecule has 0 bridgehead atoms. The summed E-state index contributed by atoms with van der Waals surface area (Å²) in [7, 11) is 0. The van der Waals surface area contributed by atoms with Gasteiger partial charge in [0.2, 0.25) is 4.05 Å². The van der Waals surface area contributed by atoms with Crippen molar-refractivity contribution >= 4 is 34.2 Å². The van der Waals surface area contributed by atoms with E-state index in [0.717, 1.165) is 22.5 Å². The lowest BCUT2D eigenvalue weighted by atomic mass is 10.1. The molecule has 0 aromatic heterocycles. The molecule has 0 aliphatic carbocycles. The molecule has 0 spiro atoms. The van der Waals surface area contributed by atoms with Gasteiger partial charge in [-0.15, -0.1) is 6.42 Å². The minimum Gasteiger partial charge on any atom is -1.00 e. The number of hydrogen-bond acceptors (Lipinski definition) is 0. The molecule has 0 aliphatic heterocycles. The van der Waals surface area contributed by atoms with Crippen molar-refractivity contribution in [3.05, 3.63) is 34.9 Å². The highest BCUT2D eigenvalue weighted by Crippen LogP contribution is 2.24. The van der Waals surface area contributed by atoms with Gasteiger partial charge in [0, 0.05) is 34.0 Å². The van der Waals surface area contributed by atoms with Crippen molar-refractivity contribution in [2.24, 2.45) is 0 Å². The van der Waals surface area contributed by atoms with Gasteiger partial charge < -0.3 is 16.9 Å². The molecule has 1 unspecified atom stereocenters. The first-order chi connectivity index (χ1) is 11.6. The second-order valence-corrected chi connectivity index (χ2v) is 8.30. The lowest BCUT2D eigenvalue weighted by Gasteiger charge is -2.41. The molecule has 25 heavy (non-hydrogen) atoms. The van der Waals surface area contributed by atoms with Crippen LogP contribution in [0.2, 0.25) is 5.02 Å². The molecule has 1 atom stereocenters. The maximum absolute atomic E-state index is 6.01. The molecule has 142 valence electrons. The SMILES string of the molecule is C#CC(I)[N+](CCCCC)(CCCCC)CCc1ccc(Cl)cc1.[Cl-]. The van der Waals surface area contributed by atoms with E-state index in [4.69, 9.17) is 18.0 Å². The van der Waals surface area contributed by atoms with E-state index < -0.39 is 0 Å². The number of terminal acetylenes is 1. The zero-order valence-electron chi connectivity index (χ0n) is 15.6. The number of unbranched alkanes of at least 4 members (excludes halogenated alkanes) is 4. The van der Waals surface area contributed by atoms with Gasteiger partial charge in [-0.2, -0.15) is 0 Å². The molecule has 0 fully saturated rings. The van der Waals surface area contributed by atoms with E-state index >= 15 is 0 Å². The Kier molecular flexibility index (Phi) is 14.2. The second-order valence-electron chi connectivity index (χ2n) is 6.68. The Morgan fingerprint density at radius 2 is 1.52 bits per heavy atom. The highest BCUT2D eigenvalue weighted by atomic mass is 127. The summed E-state index contributed by atoms with van der Waals surface area (Å²) in [4.78, 5) is 0. The number of alkyl halides is 1. The average molecular weight is 496 g/mol. The normalized spacial score (nSPS) is 12.3. The van der Waals surface area contributed by atoms with Crippen molar-refractivity contribution < 1.29 is 16.9 Å². The molecule has 1 nitrogen and oxygen atoms in total. The maximum atomic E-state index is 6.01. The van der Waals surface area contributed by atoms with Crippen molar-refractivity contribution in [2.45, 2.75) is 62.8 Å². The van der Waals surface area contributed by atoms with E-state index in [2.05, 4.69) is 54.5 Å². The van der Waals surface area contributed by atoms with Crippen LogP contribution in [-0.2, 0) is 6.42 Å². The van der Waals surface area contributed by atoms with Gasteiger partial charge in [0.05, 0.1) is 19.6 Å². The predicted molar refractivity (Wildman–Crippen MR) is 116 cm³/mol. The van der Waals surface area contributed by atoms with Gasteiger partial charge in [0.25, 0.3) is 0 Å². The monoisotopic (exact) mass is 495 g/mol. The highest BCUT2D eigenvalue weighted by Gasteiger charge is 2.32. The lowest BCUT2D eigenvalue weighted by Crippen LogP contribution is -3.00. The van der Waals surface area contributed by atoms with Gasteiger partial charge in [0.1, 0.15) is 0 Å². The van der Waals surface area contributed by atoms with Crippen molar-refractivity contribution in [3.8, 4) is 12.3 Å². The van der Waals surface area contributed by atoms with Crippen molar-refractivity contribution in [2.75, 3.05) is 19.6 Å². The van der Waals surface area contributed by atoms with Gasteiger partial charge in [-0.05, 0) is 49.3 Å². The summed E-state index contributed by atoms with van der Waals surface area (Å²) < 4.78 is 1.31. The van der Waals surface area contributed by atoms with Crippen LogP contribution in [0.3, 0.4) is 0 Å². The van der Waals surface area contributed by atoms with Crippen molar-refractivity contribution in [1.82, 2.24) is 0 Å². The Morgan fingerprint density at radius 3 is 1.96 bits per heavy atom. The Bertz CT molecular complexity index is 486. The molecule has 0 N–H and O–H groups in total. The number of rotatable bonds is 12. The Hall–Kier alpha value is 0.0500. The summed E-state index contributed by atoms with van der Waals surface area (Å²) >= 11 is 8.50. The summed E-state index contributed by atoms with van der Waals surface area (Å²) in [5.74, 6) is 3.04. The molecule has 1 aromatic rings. The molecule has 1 aromatic carbocycles. The van der Waals surface area contributed by atoms with Crippen LogP contribution in [-0.4, -0.2) is 28.2 Å². The standard InChI is InChI=1S/C21H32ClIN.ClH/c1-4-7-9-16-24(21(23)6-3,17-10-8-5-2)18-15-19-11-13-20(22)14-12-19;/h3,11-14,21H,4-5,7-10,15-18H2,1-2H3;1H/q+1;/p-1. The topological polar surface area (TPSA) is 0 Å². The first-order valence-corrected chi connectivity index (χ1v) is 10.9. The van der Waals surface area contributed by atoms with Crippen LogP contribution in [0.5, 0.6) is 0 Å². The number of hydrogen-bond donors (Lipinski definition) is 0. The quantitative estimate of drug-likeness (QED) is 0.104. The molecule has 0 aliphatic rings. The molecular weight excluding hydrogens is 464 g/mol. The van der Waals surface area contributed by atoms with E-state index in [9.17, 15) is 0 Å². The summed E-state index contributed by atoms with van der Waals surface area (Å²) in [6.45, 7) is 8.04. The highest BCUT2D eigenvalue weighted by molar-refractivity contribution is 14.1. The fraction of sp³-hybridized carbons (Fsp3) is 0.619. The molecular formula is C21H32Cl2IN. The second kappa shape index (κ2) is 14.2. The predicted octanol–water partition coefficient (Wildman–Crippen LogP) is 3.48. The fourth-order valence-corrected chi connectivity index (χ4v) is 4.15. The molecule has 0 heterocycles. The van der Waals surface area contributed by atoms with Crippen molar-refractivity contribution in [3.63, 3.8) is 0 Å². The first-order valence-electron chi connectivity index (χ1n) is 9.28. The summed E-state index contributed by atoms with van der Waals surface area (Å²) in [6.07, 6.45) is 14.6. The van der Waals surface area contributed by atoms with Gasteiger partial charge in [-0.3, -0.25) is 0 Å². The largest absolute Gasteiger partial charge is 1.00 e. The average Bonchev–Trinajstić information content (AvgIpc) is 2.60. The van der Waals surface area contributed by atoms with Crippen LogP contribution in [0.4, 0.5) is 0 Å². The molecule has 0 amide bonds. The molecule has 0 saturated heterocycles. The number of halogens is 3. The van der Waals surface area contributed by atoms with Crippen LogP contribution < -0.4 is 12.4 Å². The summed E-state index contributed by atoms with van der Waals surface area (Å²) in [5, 5.41) is 0.806. The van der Waals surface area contributed by atoms with Gasteiger partial charge in [0.15, 0.2) is 0 Å². The van der Waals surface area contributed by atoms with Crippen LogP contribution in [0.15, 0.2) is 24.3 Å². The fourth-order valence-electron chi connectivity index (χ4n) is 3.19. The van der Waals surface area contributed by atoms with Crippen molar-refractivity contribution in [1.29, 1.82) is 0 Å². The Labute approximate surface area is 180 Å². The lowest BCUT2D eigenvalue weighted by molar-refractivity contribution is -0.927. The van der Waals surface area contributed by atoms with E-state index in [1.54, 1.807) is 0 Å². The minimum absolute atomic E-state index is 0. The zero-order chi connectivity index (χ0) is 17.8. The molecule has 4 heteroatoms. The minimum atomic E-state index is 0. The molecule has 1 rings (SSSR count). The van der Waals surface area contributed by atoms with Crippen LogP contribution in [0, 0.1) is 12.3 Å². The number of benzene rings is 1. The third-order valence-corrected chi connectivity index (χ3v) is 6.58. The van der Waals surface area contributed by atoms with E-state index in [0.29, 0.717) is 0 Å². The molecule has 0 radical (unpaired) electrons. The van der Waals surface area contributed by atoms with Gasteiger partial charge in [-0.1, -0.05) is 50.4 Å². The maximum Gasteiger partial charge on any atom is 0.200 e. The summed E-state index contributed by atoms with van der Waals surface area (Å²) in [6, 6.07) is 8.27. The van der Waals surface area contributed by atoms with E-state index in [1.807, 2.05) is 12.1 Å². The number of nitrogens with zero attached hydrogens (tertiary/aromatic N) is 1. The van der Waals surface area contributed by atoms with Crippen LogP contribution in [0.1, 0.15) is 57.9 Å². The third-order valence-electron chi connectivity index (χ3n) is 4.79. The zero-order valence-corrected chi connectivity index (χ0v) is 19.3. The number of quaternary nitrogens is 1. The van der Waals surface area contributed by atoms with Gasteiger partial charge in [-0.25, -0.2) is 0 Å². The van der Waals surface area contributed by atoms with E-state index in [-0.39, 0.29) is 16.5 Å². The smallest absolute Gasteiger partial charge is 0.200 e.